The minimum absolute atomic E-state index is 0.789. The molecular weight excluding hydrogens is 328 g/mol. The molecule has 1 heterocycles. The van der Waals surface area contributed by atoms with Crippen LogP contribution in [0.1, 0.15) is 16.7 Å². The van der Waals surface area contributed by atoms with Crippen LogP contribution in [0, 0.1) is 13.8 Å². The monoisotopic (exact) mass is 350 g/mol. The van der Waals surface area contributed by atoms with E-state index >= 15 is 0 Å². The van der Waals surface area contributed by atoms with Gasteiger partial charge in [0, 0.05) is 30.7 Å². The highest BCUT2D eigenvalue weighted by atomic mass is 32.1. The lowest BCUT2D eigenvalue weighted by Gasteiger charge is -2.11. The van der Waals surface area contributed by atoms with Crippen molar-refractivity contribution in [1.82, 2.24) is 4.98 Å². The van der Waals surface area contributed by atoms with E-state index in [-0.39, 0.29) is 0 Å². The average Bonchev–Trinajstić information content (AvgIpc) is 3.06. The Morgan fingerprint density at radius 3 is 2.56 bits per heavy atom. The van der Waals surface area contributed by atoms with Crippen molar-refractivity contribution >= 4 is 28.4 Å². The van der Waals surface area contributed by atoms with Gasteiger partial charge in [0.2, 0.25) is 5.13 Å². The fraction of sp³-hybridized carbons (Fsp3) is 0.200. The van der Waals surface area contributed by atoms with Crippen LogP contribution >= 0.6 is 11.3 Å². The van der Waals surface area contributed by atoms with Gasteiger partial charge in [0.15, 0.2) is 0 Å². The van der Waals surface area contributed by atoms with Crippen LogP contribution < -0.4 is 10.3 Å². The topological polar surface area (TPSA) is 40.5 Å². The van der Waals surface area contributed by atoms with E-state index in [1.54, 1.807) is 17.6 Å². The molecule has 3 rings (SSSR count). The van der Waals surface area contributed by atoms with E-state index in [9.17, 15) is 0 Å². The first-order valence-corrected chi connectivity index (χ1v) is 9.00. The number of aromatic nitrogens is 1. The van der Waals surface area contributed by atoms with Crippen LogP contribution in [0.2, 0.25) is 0 Å². The van der Waals surface area contributed by atoms with Gasteiger partial charge < -0.3 is 4.90 Å². The second-order valence-electron chi connectivity index (χ2n) is 6.21. The Morgan fingerprint density at radius 2 is 1.84 bits per heavy atom. The van der Waals surface area contributed by atoms with Gasteiger partial charge in [-0.05, 0) is 43.2 Å². The summed E-state index contributed by atoms with van der Waals surface area (Å²) in [5, 5.41) is 7.14. The first kappa shape index (κ1) is 17.2. The third-order valence-corrected chi connectivity index (χ3v) is 4.70. The molecule has 4 nitrogen and oxygen atoms in total. The number of benzene rings is 2. The van der Waals surface area contributed by atoms with E-state index < -0.39 is 0 Å². The summed E-state index contributed by atoms with van der Waals surface area (Å²) in [6.45, 7) is 4.21. The Morgan fingerprint density at radius 1 is 1.08 bits per heavy atom. The summed E-state index contributed by atoms with van der Waals surface area (Å²) in [5.41, 5.74) is 9.86. The fourth-order valence-electron chi connectivity index (χ4n) is 2.48. The van der Waals surface area contributed by atoms with Crippen LogP contribution in [0.15, 0.2) is 52.9 Å². The van der Waals surface area contributed by atoms with E-state index in [0.717, 1.165) is 16.4 Å². The molecule has 1 aromatic heterocycles. The quantitative estimate of drug-likeness (QED) is 0.523. The van der Waals surface area contributed by atoms with Gasteiger partial charge in [-0.15, -0.1) is 11.3 Å². The molecule has 0 saturated carbocycles. The van der Waals surface area contributed by atoms with Gasteiger partial charge in [0.05, 0.1) is 11.9 Å². The first-order chi connectivity index (χ1) is 12.0. The Balaban J connectivity index is 1.68. The smallest absolute Gasteiger partial charge is 0.203 e. The molecule has 0 aliphatic rings. The SMILES string of the molecule is Cc1ccc(C)c(-c2csc(N/N=C/c3ccc(N(C)C)cc3)n2)c1. The largest absolute Gasteiger partial charge is 0.378 e. The van der Waals surface area contributed by atoms with Gasteiger partial charge in [0.25, 0.3) is 0 Å². The molecule has 2 aromatic carbocycles. The van der Waals surface area contributed by atoms with E-state index in [4.69, 9.17) is 0 Å². The first-order valence-electron chi connectivity index (χ1n) is 8.12. The minimum Gasteiger partial charge on any atom is -0.378 e. The summed E-state index contributed by atoms with van der Waals surface area (Å²) in [6, 6.07) is 14.7. The zero-order valence-electron chi connectivity index (χ0n) is 14.9. The summed E-state index contributed by atoms with van der Waals surface area (Å²) in [4.78, 5) is 6.71. The summed E-state index contributed by atoms with van der Waals surface area (Å²) < 4.78 is 0. The minimum atomic E-state index is 0.789. The van der Waals surface area contributed by atoms with Gasteiger partial charge >= 0.3 is 0 Å². The number of nitrogens with zero attached hydrogens (tertiary/aromatic N) is 3. The standard InChI is InChI=1S/C20H22N4S/c1-14-5-6-15(2)18(11-14)19-13-25-20(22-19)23-21-12-16-7-9-17(10-8-16)24(3)4/h5-13H,1-4H3,(H,22,23)/b21-12+. The van der Waals surface area contributed by atoms with Crippen LogP contribution in [0.3, 0.4) is 0 Å². The molecule has 3 aromatic rings. The van der Waals surface area contributed by atoms with Crippen molar-refractivity contribution < 1.29 is 0 Å². The number of hydrogen-bond donors (Lipinski definition) is 1. The number of aryl methyl sites for hydroxylation is 2. The highest BCUT2D eigenvalue weighted by Gasteiger charge is 2.07. The molecule has 0 fully saturated rings. The molecule has 0 amide bonds. The van der Waals surface area contributed by atoms with Crippen molar-refractivity contribution in [1.29, 1.82) is 0 Å². The highest BCUT2D eigenvalue weighted by Crippen LogP contribution is 2.28. The molecule has 0 aliphatic heterocycles. The van der Waals surface area contributed by atoms with Gasteiger partial charge in [-0.2, -0.15) is 5.10 Å². The summed E-state index contributed by atoms with van der Waals surface area (Å²) in [6.07, 6.45) is 1.80. The maximum absolute atomic E-state index is 4.64. The maximum Gasteiger partial charge on any atom is 0.203 e. The average molecular weight is 350 g/mol. The molecule has 0 aliphatic carbocycles. The predicted molar refractivity (Wildman–Crippen MR) is 109 cm³/mol. The van der Waals surface area contributed by atoms with Crippen molar-refractivity contribution in [2.24, 2.45) is 5.10 Å². The highest BCUT2D eigenvalue weighted by molar-refractivity contribution is 7.14. The number of hydrazone groups is 1. The van der Waals surface area contributed by atoms with Gasteiger partial charge in [-0.3, -0.25) is 5.43 Å². The predicted octanol–water partition coefficient (Wildman–Crippen LogP) is 4.94. The molecule has 25 heavy (non-hydrogen) atoms. The second-order valence-corrected chi connectivity index (χ2v) is 7.07. The fourth-order valence-corrected chi connectivity index (χ4v) is 3.14. The molecule has 0 radical (unpaired) electrons. The molecule has 128 valence electrons. The Bertz CT molecular complexity index is 879. The maximum atomic E-state index is 4.64. The van der Waals surface area contributed by atoms with Crippen LogP contribution in [0.25, 0.3) is 11.3 Å². The molecular formula is C20H22N4S. The van der Waals surface area contributed by atoms with Crippen molar-refractivity contribution in [3.05, 3.63) is 64.5 Å². The zero-order chi connectivity index (χ0) is 17.8. The normalized spacial score (nSPS) is 11.0. The van der Waals surface area contributed by atoms with E-state index in [2.05, 4.69) is 70.0 Å². The molecule has 0 atom stereocenters. The summed E-state index contributed by atoms with van der Waals surface area (Å²) in [7, 11) is 4.06. The van der Waals surface area contributed by atoms with Gasteiger partial charge in [-0.25, -0.2) is 4.98 Å². The van der Waals surface area contributed by atoms with Gasteiger partial charge in [0.1, 0.15) is 0 Å². The van der Waals surface area contributed by atoms with Gasteiger partial charge in [-0.1, -0.05) is 29.8 Å². The van der Waals surface area contributed by atoms with Crippen molar-refractivity contribution in [2.75, 3.05) is 24.4 Å². The molecule has 0 spiro atoms. The molecule has 0 unspecified atom stereocenters. The Hall–Kier alpha value is -2.66. The lowest BCUT2D eigenvalue weighted by molar-refractivity contribution is 1.13. The Kier molecular flexibility index (Phi) is 5.14. The third-order valence-electron chi connectivity index (χ3n) is 3.96. The third kappa shape index (κ3) is 4.25. The zero-order valence-corrected chi connectivity index (χ0v) is 15.8. The summed E-state index contributed by atoms with van der Waals surface area (Å²) >= 11 is 1.56. The number of anilines is 2. The number of rotatable bonds is 5. The van der Waals surface area contributed by atoms with Crippen LogP contribution in [-0.2, 0) is 0 Å². The summed E-state index contributed by atoms with van der Waals surface area (Å²) in [5.74, 6) is 0. The lowest BCUT2D eigenvalue weighted by atomic mass is 10.0. The lowest BCUT2D eigenvalue weighted by Crippen LogP contribution is -2.08. The van der Waals surface area contributed by atoms with E-state index in [1.807, 2.05) is 26.2 Å². The molecule has 0 bridgehead atoms. The Labute approximate surface area is 152 Å². The van der Waals surface area contributed by atoms with E-state index in [1.165, 1.54) is 22.4 Å². The van der Waals surface area contributed by atoms with Crippen molar-refractivity contribution in [3.63, 3.8) is 0 Å². The second kappa shape index (κ2) is 7.49. The van der Waals surface area contributed by atoms with Crippen LogP contribution in [0.4, 0.5) is 10.8 Å². The van der Waals surface area contributed by atoms with Crippen LogP contribution in [-0.4, -0.2) is 25.3 Å². The van der Waals surface area contributed by atoms with Crippen LogP contribution in [0.5, 0.6) is 0 Å². The molecule has 0 saturated heterocycles. The number of nitrogens with one attached hydrogen (secondary N) is 1. The van der Waals surface area contributed by atoms with Crippen molar-refractivity contribution in [2.45, 2.75) is 13.8 Å². The van der Waals surface area contributed by atoms with Crippen molar-refractivity contribution in [3.8, 4) is 11.3 Å². The molecule has 1 N–H and O–H groups in total. The number of hydrogen-bond acceptors (Lipinski definition) is 5. The molecule has 5 heteroatoms. The number of thiazole rings is 1. The van der Waals surface area contributed by atoms with E-state index in [0.29, 0.717) is 0 Å².